The highest BCUT2D eigenvalue weighted by Crippen LogP contribution is 2.36. The maximum atomic E-state index is 11.9. The van der Waals surface area contributed by atoms with Gasteiger partial charge >= 0.3 is 6.09 Å². The van der Waals surface area contributed by atoms with Crippen molar-refractivity contribution in [3.05, 3.63) is 0 Å². The molecule has 0 bridgehead atoms. The smallest absolute Gasteiger partial charge is 0.424 e. The molecule has 5 nitrogen and oxygen atoms in total. The van der Waals surface area contributed by atoms with E-state index in [1.165, 1.54) is 5.01 Å². The van der Waals surface area contributed by atoms with Crippen LogP contribution in [0, 0.1) is 0 Å². The van der Waals surface area contributed by atoms with Crippen LogP contribution in [-0.2, 0) is 9.16 Å². The maximum absolute atomic E-state index is 11.9. The van der Waals surface area contributed by atoms with Gasteiger partial charge in [-0.25, -0.2) is 15.2 Å². The van der Waals surface area contributed by atoms with Gasteiger partial charge in [0.15, 0.2) is 8.32 Å². The van der Waals surface area contributed by atoms with E-state index in [-0.39, 0.29) is 11.1 Å². The minimum Gasteiger partial charge on any atom is -0.443 e. The fraction of sp³-hybridized carbons (Fsp3) is 0.933. The maximum Gasteiger partial charge on any atom is 0.424 e. The quantitative estimate of drug-likeness (QED) is 0.460. The lowest BCUT2D eigenvalue weighted by Crippen LogP contribution is -2.45. The van der Waals surface area contributed by atoms with E-state index < -0.39 is 13.9 Å². The molecule has 0 rings (SSSR count). The molecule has 0 aromatic heterocycles. The zero-order valence-electron chi connectivity index (χ0n) is 15.3. The van der Waals surface area contributed by atoms with Crippen molar-refractivity contribution in [2.24, 2.45) is 0 Å². The molecule has 0 saturated carbocycles. The molecule has 0 aromatic carbocycles. The second-order valence-corrected chi connectivity index (χ2v) is 12.6. The monoisotopic (exact) mass is 318 g/mol. The highest BCUT2D eigenvalue weighted by atomic mass is 28.4. The molecule has 1 amide bonds. The van der Waals surface area contributed by atoms with Crippen molar-refractivity contribution in [2.45, 2.75) is 71.7 Å². The summed E-state index contributed by atoms with van der Waals surface area (Å²) in [7, 11) is 0.0132. The van der Waals surface area contributed by atoms with Gasteiger partial charge in [-0.15, -0.1) is 0 Å². The number of nitrogens with zero attached hydrogens (tertiary/aromatic N) is 1. The van der Waals surface area contributed by atoms with E-state index in [0.717, 1.165) is 6.42 Å². The molecular weight excluding hydrogens is 284 g/mol. The highest BCUT2D eigenvalue weighted by Gasteiger charge is 2.36. The number of ether oxygens (including phenoxy) is 1. The van der Waals surface area contributed by atoms with Crippen molar-refractivity contribution in [3.8, 4) is 0 Å². The van der Waals surface area contributed by atoms with Crippen LogP contribution < -0.4 is 5.43 Å². The van der Waals surface area contributed by atoms with Gasteiger partial charge in [0.1, 0.15) is 5.60 Å². The third-order valence-electron chi connectivity index (χ3n) is 3.68. The summed E-state index contributed by atoms with van der Waals surface area (Å²) < 4.78 is 11.4. The predicted molar refractivity (Wildman–Crippen MR) is 89.8 cm³/mol. The van der Waals surface area contributed by atoms with Crippen LogP contribution in [0.1, 0.15) is 48.0 Å². The number of amides is 1. The standard InChI is InChI=1S/C15H34N2O3Si/c1-14(2,3)20-13(18)17(16-7)11-10-12-19-21(8,9)15(4,5)6/h16H,10-12H2,1-9H3. The first kappa shape index (κ1) is 20.4. The van der Waals surface area contributed by atoms with E-state index in [0.29, 0.717) is 13.2 Å². The van der Waals surface area contributed by atoms with E-state index in [2.05, 4.69) is 39.3 Å². The Balaban J connectivity index is 4.23. The molecule has 21 heavy (non-hydrogen) atoms. The minimum atomic E-state index is -1.71. The number of rotatable bonds is 6. The van der Waals surface area contributed by atoms with Crippen LogP contribution in [0.25, 0.3) is 0 Å². The van der Waals surface area contributed by atoms with Crippen LogP contribution in [0.3, 0.4) is 0 Å². The number of hydrogen-bond acceptors (Lipinski definition) is 4. The van der Waals surface area contributed by atoms with Crippen LogP contribution in [0.4, 0.5) is 4.79 Å². The average Bonchev–Trinajstić information content (AvgIpc) is 2.24. The molecule has 0 aliphatic carbocycles. The summed E-state index contributed by atoms with van der Waals surface area (Å²) in [4.78, 5) is 11.9. The Morgan fingerprint density at radius 3 is 2.05 bits per heavy atom. The predicted octanol–water partition coefficient (Wildman–Crippen LogP) is 3.77. The fourth-order valence-corrected chi connectivity index (χ4v) is 2.47. The zero-order chi connectivity index (χ0) is 16.9. The first-order valence-corrected chi connectivity index (χ1v) is 10.5. The molecule has 0 aliphatic rings. The number of carbonyl (C=O) groups excluding carboxylic acids is 1. The van der Waals surface area contributed by atoms with Crippen molar-refractivity contribution in [1.82, 2.24) is 10.4 Å². The Morgan fingerprint density at radius 2 is 1.67 bits per heavy atom. The second kappa shape index (κ2) is 7.60. The molecule has 0 spiro atoms. The number of nitrogens with one attached hydrogen (secondary N) is 1. The lowest BCUT2D eigenvalue weighted by Gasteiger charge is -2.36. The van der Waals surface area contributed by atoms with Crippen molar-refractivity contribution in [3.63, 3.8) is 0 Å². The van der Waals surface area contributed by atoms with E-state index in [1.54, 1.807) is 7.05 Å². The van der Waals surface area contributed by atoms with Gasteiger partial charge in [-0.3, -0.25) is 0 Å². The zero-order valence-corrected chi connectivity index (χ0v) is 16.3. The van der Waals surface area contributed by atoms with Crippen LogP contribution in [0.5, 0.6) is 0 Å². The fourth-order valence-electron chi connectivity index (χ4n) is 1.38. The lowest BCUT2D eigenvalue weighted by molar-refractivity contribution is 0.0150. The summed E-state index contributed by atoms with van der Waals surface area (Å²) >= 11 is 0. The largest absolute Gasteiger partial charge is 0.443 e. The van der Waals surface area contributed by atoms with Gasteiger partial charge in [0.2, 0.25) is 0 Å². The van der Waals surface area contributed by atoms with E-state index in [4.69, 9.17) is 9.16 Å². The second-order valence-electron chi connectivity index (χ2n) is 7.82. The molecule has 0 radical (unpaired) electrons. The molecule has 0 saturated heterocycles. The molecule has 0 atom stereocenters. The third-order valence-corrected chi connectivity index (χ3v) is 8.22. The highest BCUT2D eigenvalue weighted by molar-refractivity contribution is 6.74. The average molecular weight is 319 g/mol. The third kappa shape index (κ3) is 7.83. The Morgan fingerprint density at radius 1 is 1.14 bits per heavy atom. The van der Waals surface area contributed by atoms with Gasteiger partial charge in [-0.2, -0.15) is 0 Å². The normalized spacial score (nSPS) is 13.2. The summed E-state index contributed by atoms with van der Waals surface area (Å²) in [5, 5.41) is 1.70. The summed E-state index contributed by atoms with van der Waals surface area (Å²) in [6.45, 7) is 17.9. The van der Waals surface area contributed by atoms with Crippen molar-refractivity contribution in [2.75, 3.05) is 20.2 Å². The molecule has 126 valence electrons. The molecular formula is C15H34N2O3Si. The van der Waals surface area contributed by atoms with Crippen LogP contribution in [0.2, 0.25) is 18.1 Å². The lowest BCUT2D eigenvalue weighted by atomic mass is 10.2. The first-order chi connectivity index (χ1) is 9.30. The minimum absolute atomic E-state index is 0.209. The van der Waals surface area contributed by atoms with Crippen LogP contribution in [0.15, 0.2) is 0 Å². The van der Waals surface area contributed by atoms with Gasteiger partial charge in [0.25, 0.3) is 0 Å². The first-order valence-electron chi connectivity index (χ1n) is 7.62. The Kier molecular flexibility index (Phi) is 7.39. The number of hydrogen-bond donors (Lipinski definition) is 1. The molecule has 0 heterocycles. The van der Waals surface area contributed by atoms with E-state index in [1.807, 2.05) is 20.8 Å². The molecule has 0 aliphatic heterocycles. The molecule has 0 unspecified atom stereocenters. The van der Waals surface area contributed by atoms with Gasteiger partial charge in [-0.05, 0) is 45.3 Å². The topological polar surface area (TPSA) is 50.8 Å². The van der Waals surface area contributed by atoms with Gasteiger partial charge in [-0.1, -0.05) is 20.8 Å². The van der Waals surface area contributed by atoms with Crippen LogP contribution >= 0.6 is 0 Å². The van der Waals surface area contributed by atoms with Gasteiger partial charge in [0.05, 0.1) is 0 Å². The molecule has 0 aromatic rings. The Labute approximate surface area is 131 Å². The molecule has 0 fully saturated rings. The van der Waals surface area contributed by atoms with Crippen molar-refractivity contribution >= 4 is 14.4 Å². The summed E-state index contributed by atoms with van der Waals surface area (Å²) in [6, 6.07) is 0. The Hall–Kier alpha value is -0.593. The van der Waals surface area contributed by atoms with Gasteiger partial charge in [0, 0.05) is 20.2 Å². The van der Waals surface area contributed by atoms with Crippen LogP contribution in [-0.4, -0.2) is 45.2 Å². The molecule has 1 N–H and O–H groups in total. The van der Waals surface area contributed by atoms with Crippen molar-refractivity contribution < 1.29 is 14.0 Å². The summed E-state index contributed by atoms with van der Waals surface area (Å²) in [5.74, 6) is 0. The molecule has 6 heteroatoms. The Bertz CT molecular complexity index is 333. The number of hydrazine groups is 1. The summed E-state index contributed by atoms with van der Waals surface area (Å²) in [6.07, 6.45) is 0.435. The van der Waals surface area contributed by atoms with E-state index in [9.17, 15) is 4.79 Å². The SMILES string of the molecule is CNN(CCCO[Si](C)(C)C(C)(C)C)C(=O)OC(C)(C)C. The van der Waals surface area contributed by atoms with Gasteiger partial charge < -0.3 is 9.16 Å². The van der Waals surface area contributed by atoms with Crippen molar-refractivity contribution in [1.29, 1.82) is 0 Å². The number of carbonyl (C=O) groups is 1. The van der Waals surface area contributed by atoms with E-state index >= 15 is 0 Å². The summed E-state index contributed by atoms with van der Waals surface area (Å²) in [5.41, 5.74) is 2.38.